The van der Waals surface area contributed by atoms with Crippen LogP contribution < -0.4 is 21.3 Å². The third-order valence-electron chi connectivity index (χ3n) is 9.41. The Morgan fingerprint density at radius 3 is 2.37 bits per heavy atom. The Morgan fingerprint density at radius 2 is 1.65 bits per heavy atom. The van der Waals surface area contributed by atoms with Gasteiger partial charge in [0, 0.05) is 56.6 Å². The molecule has 1 aliphatic heterocycles. The van der Waals surface area contributed by atoms with Crippen LogP contribution in [0.25, 0.3) is 33.3 Å². The average molecular weight is 703 g/mol. The van der Waals surface area contributed by atoms with E-state index in [0.717, 1.165) is 17.7 Å². The predicted octanol–water partition coefficient (Wildman–Crippen LogP) is 5.06. The van der Waals surface area contributed by atoms with Gasteiger partial charge in [-0.3, -0.25) is 28.6 Å². The normalized spacial score (nSPS) is 18.4. The molecule has 2 fully saturated rings. The van der Waals surface area contributed by atoms with Crippen molar-refractivity contribution in [1.29, 1.82) is 0 Å². The number of likely N-dealkylation sites (tertiary alicyclic amines) is 1. The van der Waals surface area contributed by atoms with Gasteiger partial charge in [-0.1, -0.05) is 53.5 Å². The number of hydrogen-bond acceptors (Lipinski definition) is 10. The Morgan fingerprint density at radius 1 is 0.959 bits per heavy atom. The number of hydrogen-bond donors (Lipinski definition) is 1. The van der Waals surface area contributed by atoms with Crippen LogP contribution in [0.15, 0.2) is 64.4 Å². The molecule has 3 aromatic heterocycles. The van der Waals surface area contributed by atoms with Crippen molar-refractivity contribution in [3.8, 4) is 28.3 Å². The van der Waals surface area contributed by atoms with Gasteiger partial charge in [-0.25, -0.2) is 14.8 Å². The molecular formula is C35H33Cl2N7O5. The van der Waals surface area contributed by atoms with Gasteiger partial charge < -0.3 is 14.8 Å². The van der Waals surface area contributed by atoms with E-state index in [9.17, 15) is 14.4 Å². The molecule has 1 saturated carbocycles. The summed E-state index contributed by atoms with van der Waals surface area (Å²) in [6.07, 6.45) is 3.21. The minimum atomic E-state index is -0.473. The number of aryl methyl sites for hydroxylation is 1. The zero-order valence-electron chi connectivity index (χ0n) is 27.2. The maximum absolute atomic E-state index is 13.1. The Bertz CT molecular complexity index is 2240. The standard InChI is InChI=1S/C35H33Cl2N7O5/c1-5-49-34(46)27-21-15-44(16-22(21)27)17-25-32(48-4)41-24(14-39-25)20-10-6-8-18(29(20)36)19-9-7-11-23(30(19)37)40-31-28-26(12-13-38-31)42(2)35(47)43(3)33(28)45/h6-14,21-22,27H,5,15-17H2,1-4H3,(H,38,40). The molecule has 2 atom stereocenters. The summed E-state index contributed by atoms with van der Waals surface area (Å²) in [6, 6.07) is 12.6. The molecule has 2 aromatic carbocycles. The SMILES string of the molecule is CCOC(=O)C1C2CN(Cc3ncc(-c4cccc(-c5cccc(Nc6nccc7c6c(=O)n(C)c(=O)n7C)c5Cl)c4Cl)nc3OC)CC21. The second-order valence-corrected chi connectivity index (χ2v) is 13.0. The van der Waals surface area contributed by atoms with E-state index in [1.165, 1.54) is 17.8 Å². The molecule has 4 heterocycles. The van der Waals surface area contributed by atoms with Gasteiger partial charge >= 0.3 is 11.7 Å². The minimum Gasteiger partial charge on any atom is -0.480 e. The van der Waals surface area contributed by atoms with Crippen LogP contribution in [0, 0.1) is 17.8 Å². The largest absolute Gasteiger partial charge is 0.480 e. The lowest BCUT2D eigenvalue weighted by molar-refractivity contribution is -0.145. The molecule has 7 rings (SSSR count). The minimum absolute atomic E-state index is 0.00597. The number of piperidine rings is 1. The number of carbonyl (C=O) groups excluding carboxylic acids is 1. The summed E-state index contributed by atoms with van der Waals surface area (Å²) in [5, 5.41) is 4.23. The number of esters is 1. The number of carbonyl (C=O) groups is 1. The van der Waals surface area contributed by atoms with Crippen LogP contribution in [-0.2, 0) is 30.2 Å². The highest BCUT2D eigenvalue weighted by atomic mass is 35.5. The highest BCUT2D eigenvalue weighted by Gasteiger charge is 2.60. The number of ether oxygens (including phenoxy) is 2. The molecule has 49 heavy (non-hydrogen) atoms. The number of benzene rings is 2. The van der Waals surface area contributed by atoms with Crippen molar-refractivity contribution in [3.63, 3.8) is 0 Å². The highest BCUT2D eigenvalue weighted by Crippen LogP contribution is 2.52. The van der Waals surface area contributed by atoms with Crippen molar-refractivity contribution in [3.05, 3.63) is 91.4 Å². The van der Waals surface area contributed by atoms with Crippen LogP contribution in [0.1, 0.15) is 12.6 Å². The van der Waals surface area contributed by atoms with Crippen molar-refractivity contribution >= 4 is 51.6 Å². The molecule has 0 bridgehead atoms. The average Bonchev–Trinajstić information content (AvgIpc) is 3.62. The molecule has 1 saturated heterocycles. The van der Waals surface area contributed by atoms with Gasteiger partial charge in [-0.15, -0.1) is 0 Å². The van der Waals surface area contributed by atoms with Crippen LogP contribution in [0.5, 0.6) is 5.88 Å². The summed E-state index contributed by atoms with van der Waals surface area (Å²) in [5.74, 6) is 1.23. The maximum Gasteiger partial charge on any atom is 0.330 e. The summed E-state index contributed by atoms with van der Waals surface area (Å²) in [4.78, 5) is 53.9. The van der Waals surface area contributed by atoms with Crippen molar-refractivity contribution in [2.75, 3.05) is 32.1 Å². The van der Waals surface area contributed by atoms with Gasteiger partial charge in [0.25, 0.3) is 5.56 Å². The van der Waals surface area contributed by atoms with E-state index in [4.69, 9.17) is 42.6 Å². The number of nitrogens with zero attached hydrogens (tertiary/aromatic N) is 6. The lowest BCUT2D eigenvalue weighted by Gasteiger charge is -2.20. The zero-order valence-corrected chi connectivity index (χ0v) is 28.7. The van der Waals surface area contributed by atoms with E-state index < -0.39 is 11.2 Å². The Labute approximate surface area is 291 Å². The van der Waals surface area contributed by atoms with Gasteiger partial charge in [-0.05, 0) is 30.9 Å². The summed E-state index contributed by atoms with van der Waals surface area (Å²) < 4.78 is 13.3. The van der Waals surface area contributed by atoms with Crippen molar-refractivity contribution in [1.82, 2.24) is 29.0 Å². The maximum atomic E-state index is 13.1. The van der Waals surface area contributed by atoms with Gasteiger partial charge in [0.15, 0.2) is 0 Å². The fraction of sp³-hybridized carbons (Fsp3) is 0.314. The molecule has 5 aromatic rings. The quantitative estimate of drug-likeness (QED) is 0.208. The molecule has 0 spiro atoms. The Balaban J connectivity index is 1.15. The first-order valence-corrected chi connectivity index (χ1v) is 16.6. The monoisotopic (exact) mass is 701 g/mol. The molecular weight excluding hydrogens is 669 g/mol. The fourth-order valence-electron chi connectivity index (χ4n) is 6.86. The van der Waals surface area contributed by atoms with E-state index in [0.29, 0.717) is 80.2 Å². The molecule has 1 N–H and O–H groups in total. The molecule has 14 heteroatoms. The van der Waals surface area contributed by atoms with Crippen molar-refractivity contribution < 1.29 is 14.3 Å². The van der Waals surface area contributed by atoms with Crippen LogP contribution >= 0.6 is 23.2 Å². The lowest BCUT2D eigenvalue weighted by Crippen LogP contribution is -2.37. The van der Waals surface area contributed by atoms with Gasteiger partial charge in [0.1, 0.15) is 16.9 Å². The number of anilines is 2. The molecule has 2 aliphatic rings. The summed E-state index contributed by atoms with van der Waals surface area (Å²) in [5.41, 5.74) is 3.21. The number of methoxy groups -OCH3 is 1. The van der Waals surface area contributed by atoms with E-state index >= 15 is 0 Å². The van der Waals surface area contributed by atoms with Crippen LogP contribution in [0.4, 0.5) is 11.5 Å². The first-order chi connectivity index (χ1) is 23.6. The molecule has 252 valence electrons. The third-order valence-corrected chi connectivity index (χ3v) is 10.2. The second kappa shape index (κ2) is 12.9. The summed E-state index contributed by atoms with van der Waals surface area (Å²) in [6.45, 7) is 4.39. The third kappa shape index (κ3) is 5.73. The van der Waals surface area contributed by atoms with Crippen LogP contribution in [0.3, 0.4) is 0 Å². The number of fused-ring (bicyclic) bond motifs is 2. The highest BCUT2D eigenvalue weighted by molar-refractivity contribution is 6.39. The molecule has 2 unspecified atom stereocenters. The lowest BCUT2D eigenvalue weighted by atomic mass is 10.0. The first-order valence-electron chi connectivity index (χ1n) is 15.8. The number of rotatable bonds is 9. The smallest absolute Gasteiger partial charge is 0.330 e. The van der Waals surface area contributed by atoms with E-state index in [1.54, 1.807) is 32.5 Å². The number of nitrogens with one attached hydrogen (secondary N) is 1. The number of pyridine rings is 1. The second-order valence-electron chi connectivity index (χ2n) is 12.2. The van der Waals surface area contributed by atoms with Gasteiger partial charge in [-0.2, -0.15) is 0 Å². The topological polar surface area (TPSA) is 133 Å². The summed E-state index contributed by atoms with van der Waals surface area (Å²) >= 11 is 14.0. The number of halogens is 2. The molecule has 0 amide bonds. The Kier molecular flexibility index (Phi) is 8.64. The number of aromatic nitrogens is 5. The first kappa shape index (κ1) is 32.8. The Hall–Kier alpha value is -4.78. The van der Waals surface area contributed by atoms with Crippen LogP contribution in [0.2, 0.25) is 10.0 Å². The predicted molar refractivity (Wildman–Crippen MR) is 187 cm³/mol. The van der Waals surface area contributed by atoms with Crippen LogP contribution in [-0.4, -0.2) is 61.8 Å². The zero-order chi connectivity index (χ0) is 34.6. The molecule has 0 radical (unpaired) electrons. The van der Waals surface area contributed by atoms with Crippen molar-refractivity contribution in [2.45, 2.75) is 13.5 Å². The van der Waals surface area contributed by atoms with Crippen molar-refractivity contribution in [2.24, 2.45) is 31.8 Å². The van der Waals surface area contributed by atoms with Gasteiger partial charge in [0.2, 0.25) is 5.88 Å². The fourth-order valence-corrected chi connectivity index (χ4v) is 7.46. The van der Waals surface area contributed by atoms with E-state index in [1.807, 2.05) is 37.3 Å². The molecule has 12 nitrogen and oxygen atoms in total. The van der Waals surface area contributed by atoms with E-state index in [2.05, 4.69) is 15.2 Å². The summed E-state index contributed by atoms with van der Waals surface area (Å²) in [7, 11) is 4.59. The molecule has 1 aliphatic carbocycles. The van der Waals surface area contributed by atoms with E-state index in [-0.39, 0.29) is 23.1 Å². The van der Waals surface area contributed by atoms with Gasteiger partial charge in [0.05, 0.1) is 52.8 Å².